The predicted molar refractivity (Wildman–Crippen MR) is 61.4 cm³/mol. The number of hydrogen-bond acceptors (Lipinski definition) is 2. The van der Waals surface area contributed by atoms with Gasteiger partial charge >= 0.3 is 0 Å². The zero-order chi connectivity index (χ0) is 11.2. The molecule has 0 radical (unpaired) electrons. The van der Waals surface area contributed by atoms with Crippen LogP contribution in [0.2, 0.25) is 0 Å². The Hall–Kier alpha value is -1.38. The Labute approximate surface area is 86.9 Å². The molecule has 0 atom stereocenters. The van der Waals surface area contributed by atoms with Gasteiger partial charge in [-0.15, -0.1) is 0 Å². The molecular weight excluding hydrogens is 174 g/mol. The van der Waals surface area contributed by atoms with Gasteiger partial charge < -0.3 is 0 Å². The van der Waals surface area contributed by atoms with Crippen LogP contribution in [0.3, 0.4) is 0 Å². The SMILES string of the molecule is CC.CC.Cc1ccncccn[nH]1. The van der Waals surface area contributed by atoms with Gasteiger partial charge in [0.25, 0.3) is 0 Å². The molecule has 0 saturated carbocycles. The van der Waals surface area contributed by atoms with Crippen molar-refractivity contribution in [2.24, 2.45) is 0 Å². The Morgan fingerprint density at radius 2 is 1.64 bits per heavy atom. The fourth-order valence-electron chi connectivity index (χ4n) is 0.512. The van der Waals surface area contributed by atoms with Crippen LogP contribution in [-0.4, -0.2) is 15.2 Å². The summed E-state index contributed by atoms with van der Waals surface area (Å²) < 4.78 is 0. The Morgan fingerprint density at radius 3 is 2.29 bits per heavy atom. The maximum atomic E-state index is 3.93. The van der Waals surface area contributed by atoms with Crippen LogP contribution in [0.1, 0.15) is 33.4 Å². The molecular formula is C11H21N3. The first-order valence-corrected chi connectivity index (χ1v) is 5.04. The highest BCUT2D eigenvalue weighted by Crippen LogP contribution is 1.79. The largest absolute Gasteiger partial charge is 0.283 e. The third-order valence-corrected chi connectivity index (χ3v) is 0.984. The van der Waals surface area contributed by atoms with E-state index in [1.54, 1.807) is 24.7 Å². The fourth-order valence-corrected chi connectivity index (χ4v) is 0.512. The molecule has 0 aromatic carbocycles. The number of aryl methyl sites for hydroxylation is 1. The van der Waals surface area contributed by atoms with Gasteiger partial charge in [-0.2, -0.15) is 5.10 Å². The molecule has 0 bridgehead atoms. The molecule has 14 heavy (non-hydrogen) atoms. The van der Waals surface area contributed by atoms with Crippen LogP contribution in [0.15, 0.2) is 30.7 Å². The van der Waals surface area contributed by atoms with Crippen LogP contribution >= 0.6 is 0 Å². The van der Waals surface area contributed by atoms with Crippen LogP contribution in [0.4, 0.5) is 0 Å². The van der Waals surface area contributed by atoms with Gasteiger partial charge in [-0.1, -0.05) is 27.7 Å². The van der Waals surface area contributed by atoms with Crippen molar-refractivity contribution in [3.05, 3.63) is 36.4 Å². The smallest absolute Gasteiger partial charge is 0.0487 e. The monoisotopic (exact) mass is 195 g/mol. The van der Waals surface area contributed by atoms with Crippen LogP contribution in [0, 0.1) is 6.92 Å². The minimum Gasteiger partial charge on any atom is -0.283 e. The van der Waals surface area contributed by atoms with E-state index in [2.05, 4.69) is 15.2 Å². The lowest BCUT2D eigenvalue weighted by atomic mass is 10.5. The molecule has 0 aliphatic heterocycles. The number of nitrogens with one attached hydrogen (secondary N) is 1. The second-order valence-corrected chi connectivity index (χ2v) is 1.88. The van der Waals surface area contributed by atoms with E-state index in [0.717, 1.165) is 5.69 Å². The van der Waals surface area contributed by atoms with Crippen molar-refractivity contribution >= 4 is 0 Å². The van der Waals surface area contributed by atoms with Gasteiger partial charge in [-0.05, 0) is 19.1 Å². The third-order valence-electron chi connectivity index (χ3n) is 0.984. The molecule has 0 aliphatic rings. The lowest BCUT2D eigenvalue weighted by molar-refractivity contribution is 0.999. The summed E-state index contributed by atoms with van der Waals surface area (Å²) in [5.74, 6) is 0. The topological polar surface area (TPSA) is 41.6 Å². The summed E-state index contributed by atoms with van der Waals surface area (Å²) >= 11 is 0. The summed E-state index contributed by atoms with van der Waals surface area (Å²) in [5, 5.41) is 6.67. The summed E-state index contributed by atoms with van der Waals surface area (Å²) in [7, 11) is 0. The molecule has 1 heterocycles. The van der Waals surface area contributed by atoms with E-state index >= 15 is 0 Å². The number of aromatic amines is 1. The average Bonchev–Trinajstić information content (AvgIpc) is 2.38. The van der Waals surface area contributed by atoms with Gasteiger partial charge in [0.2, 0.25) is 0 Å². The van der Waals surface area contributed by atoms with Crippen molar-refractivity contribution < 1.29 is 0 Å². The lowest BCUT2D eigenvalue weighted by Crippen LogP contribution is -1.75. The maximum absolute atomic E-state index is 3.93. The van der Waals surface area contributed by atoms with E-state index in [4.69, 9.17) is 0 Å². The summed E-state index contributed by atoms with van der Waals surface area (Å²) in [6.45, 7) is 9.93. The summed E-state index contributed by atoms with van der Waals surface area (Å²) in [4.78, 5) is 3.93. The van der Waals surface area contributed by atoms with Crippen LogP contribution in [0.5, 0.6) is 0 Å². The molecule has 0 aliphatic carbocycles. The molecule has 1 rings (SSSR count). The first-order chi connectivity index (χ1) is 6.89. The number of hydrogen-bond donors (Lipinski definition) is 1. The van der Waals surface area contributed by atoms with E-state index in [1.165, 1.54) is 0 Å². The quantitative estimate of drug-likeness (QED) is 0.690. The van der Waals surface area contributed by atoms with Crippen molar-refractivity contribution in [3.63, 3.8) is 0 Å². The Bertz CT molecular complexity index is 218. The molecule has 0 fully saturated rings. The van der Waals surface area contributed by atoms with E-state index in [1.807, 2.05) is 40.7 Å². The number of rotatable bonds is 0. The van der Waals surface area contributed by atoms with Gasteiger partial charge in [-0.25, -0.2) is 0 Å². The summed E-state index contributed by atoms with van der Waals surface area (Å²) in [6, 6.07) is 3.61. The van der Waals surface area contributed by atoms with E-state index < -0.39 is 0 Å². The molecule has 0 saturated heterocycles. The molecule has 0 spiro atoms. The second-order valence-electron chi connectivity index (χ2n) is 1.88. The molecule has 3 nitrogen and oxygen atoms in total. The molecule has 1 N–H and O–H groups in total. The van der Waals surface area contributed by atoms with Crippen LogP contribution < -0.4 is 0 Å². The first kappa shape index (κ1) is 15.1. The number of aromatic nitrogens is 3. The van der Waals surface area contributed by atoms with E-state index in [9.17, 15) is 0 Å². The summed E-state index contributed by atoms with van der Waals surface area (Å²) in [5.41, 5.74) is 0.976. The lowest BCUT2D eigenvalue weighted by Gasteiger charge is -1.78. The average molecular weight is 195 g/mol. The van der Waals surface area contributed by atoms with Crippen molar-refractivity contribution in [2.45, 2.75) is 34.6 Å². The second kappa shape index (κ2) is 14.2. The van der Waals surface area contributed by atoms with E-state index in [-0.39, 0.29) is 0 Å². The van der Waals surface area contributed by atoms with Crippen molar-refractivity contribution in [1.29, 1.82) is 0 Å². The van der Waals surface area contributed by atoms with Crippen LogP contribution in [-0.2, 0) is 0 Å². The molecule has 0 amide bonds. The number of nitrogens with zero attached hydrogens (tertiary/aromatic N) is 2. The van der Waals surface area contributed by atoms with Crippen molar-refractivity contribution in [1.82, 2.24) is 15.2 Å². The Morgan fingerprint density at radius 1 is 1.00 bits per heavy atom. The Balaban J connectivity index is 0. The zero-order valence-electron chi connectivity index (χ0n) is 9.78. The normalized spacial score (nSPS) is 6.93. The van der Waals surface area contributed by atoms with Crippen LogP contribution in [0.25, 0.3) is 0 Å². The highest BCUT2D eigenvalue weighted by Gasteiger charge is 1.70. The molecule has 3 heteroatoms. The standard InChI is InChI=1S/C7H9N3.2C2H6/c1-7-3-6-8-4-2-5-9-10-7;2*1-2/h2-6,10H,1H3;2*1-2H3. The van der Waals surface area contributed by atoms with Crippen molar-refractivity contribution in [2.75, 3.05) is 0 Å². The summed E-state index contributed by atoms with van der Waals surface area (Å²) in [6.07, 6.45) is 5.05. The van der Waals surface area contributed by atoms with Gasteiger partial charge in [-0.3, -0.25) is 10.1 Å². The first-order valence-electron chi connectivity index (χ1n) is 5.04. The third kappa shape index (κ3) is 10.6. The minimum atomic E-state index is 0.976. The highest BCUT2D eigenvalue weighted by atomic mass is 15.1. The fraction of sp³-hybridized carbons (Fsp3) is 0.455. The van der Waals surface area contributed by atoms with Gasteiger partial charge in [0, 0.05) is 24.3 Å². The highest BCUT2D eigenvalue weighted by molar-refractivity contribution is 4.90. The van der Waals surface area contributed by atoms with Gasteiger partial charge in [0.15, 0.2) is 0 Å². The Kier molecular flexibility index (Phi) is 15.3. The van der Waals surface area contributed by atoms with Gasteiger partial charge in [0.05, 0.1) is 0 Å². The van der Waals surface area contributed by atoms with E-state index in [0.29, 0.717) is 0 Å². The molecule has 0 unspecified atom stereocenters. The maximum Gasteiger partial charge on any atom is 0.0487 e. The molecule has 1 aromatic heterocycles. The predicted octanol–water partition coefficient (Wildman–Crippen LogP) is 3.29. The zero-order valence-corrected chi connectivity index (χ0v) is 9.78. The van der Waals surface area contributed by atoms with Gasteiger partial charge in [0.1, 0.15) is 0 Å². The minimum absolute atomic E-state index is 0.976. The number of H-pyrrole nitrogens is 1. The van der Waals surface area contributed by atoms with Crippen molar-refractivity contribution in [3.8, 4) is 0 Å². The molecule has 1 aromatic rings. The molecule has 80 valence electrons.